The Labute approximate surface area is 167 Å². The molecule has 28 heavy (non-hydrogen) atoms. The highest BCUT2D eigenvalue weighted by atomic mass is 16.5. The lowest BCUT2D eigenvalue weighted by atomic mass is 9.66. The van der Waals surface area contributed by atoms with Gasteiger partial charge in [0.1, 0.15) is 11.5 Å². The van der Waals surface area contributed by atoms with Crippen molar-refractivity contribution in [3.8, 4) is 11.5 Å². The normalized spacial score (nSPS) is 17.4. The minimum atomic E-state index is 0.0782. The first-order chi connectivity index (χ1) is 13.9. The highest BCUT2D eigenvalue weighted by molar-refractivity contribution is 5.57. The van der Waals surface area contributed by atoms with E-state index in [1.54, 1.807) is 0 Å². The number of rotatable bonds is 4. The van der Waals surface area contributed by atoms with Crippen LogP contribution in [0.3, 0.4) is 0 Å². The average molecular weight is 370 g/mol. The molecule has 1 fully saturated rings. The molecule has 0 unspecified atom stereocenters. The zero-order valence-electron chi connectivity index (χ0n) is 16.1. The number of hydrogen-bond acceptors (Lipinski definition) is 3. The Hall–Kier alpha value is -2.78. The summed E-state index contributed by atoms with van der Waals surface area (Å²) in [5.74, 6) is 2.06. The van der Waals surface area contributed by atoms with E-state index in [0.29, 0.717) is 0 Å². The number of nitrogens with zero attached hydrogens (tertiary/aromatic N) is 1. The molecule has 2 heterocycles. The molecule has 0 amide bonds. The Morgan fingerprint density at radius 3 is 1.96 bits per heavy atom. The van der Waals surface area contributed by atoms with E-state index >= 15 is 0 Å². The van der Waals surface area contributed by atoms with Gasteiger partial charge in [-0.3, -0.25) is 0 Å². The quantitative estimate of drug-likeness (QED) is 0.676. The van der Waals surface area contributed by atoms with E-state index in [2.05, 4.69) is 89.1 Å². The summed E-state index contributed by atoms with van der Waals surface area (Å²) in [5, 5.41) is 3.53. The van der Waals surface area contributed by atoms with Crippen molar-refractivity contribution in [2.45, 2.75) is 18.3 Å². The molecular formula is C25H26N2O. The number of para-hydroxylation sites is 3. The summed E-state index contributed by atoms with van der Waals surface area (Å²) in [6, 6.07) is 27.7. The first kappa shape index (κ1) is 17.3. The van der Waals surface area contributed by atoms with Gasteiger partial charge in [0.25, 0.3) is 0 Å². The Kier molecular flexibility index (Phi) is 4.53. The van der Waals surface area contributed by atoms with Gasteiger partial charge in [-0.25, -0.2) is 0 Å². The fourth-order valence-corrected chi connectivity index (χ4v) is 4.78. The van der Waals surface area contributed by atoms with Gasteiger partial charge >= 0.3 is 0 Å². The molecule has 1 spiro atoms. The monoisotopic (exact) mass is 370 g/mol. The van der Waals surface area contributed by atoms with Crippen LogP contribution < -0.4 is 10.1 Å². The Bertz CT molecular complexity index is 898. The van der Waals surface area contributed by atoms with E-state index in [1.807, 2.05) is 0 Å². The summed E-state index contributed by atoms with van der Waals surface area (Å²) in [5.41, 5.74) is 3.99. The predicted octanol–water partition coefficient (Wildman–Crippen LogP) is 5.29. The van der Waals surface area contributed by atoms with E-state index in [0.717, 1.165) is 50.5 Å². The van der Waals surface area contributed by atoms with Crippen molar-refractivity contribution in [2.75, 3.05) is 31.5 Å². The lowest BCUT2D eigenvalue weighted by Crippen LogP contribution is -2.45. The van der Waals surface area contributed by atoms with Crippen LogP contribution in [-0.2, 0) is 5.41 Å². The van der Waals surface area contributed by atoms with Gasteiger partial charge in [-0.05, 0) is 50.2 Å². The van der Waals surface area contributed by atoms with Crippen molar-refractivity contribution in [1.82, 2.24) is 4.90 Å². The molecule has 142 valence electrons. The SMILES string of the molecule is c1ccc(NCCN2CCC3(CC2)c2ccccc2Oc2ccccc23)cc1. The van der Waals surface area contributed by atoms with Crippen LogP contribution in [0.15, 0.2) is 78.9 Å². The number of fused-ring (bicyclic) bond motifs is 4. The Morgan fingerprint density at radius 2 is 1.32 bits per heavy atom. The fraction of sp³-hybridized carbons (Fsp3) is 0.280. The maximum absolute atomic E-state index is 6.22. The number of nitrogens with one attached hydrogen (secondary N) is 1. The molecule has 0 bridgehead atoms. The highest BCUT2D eigenvalue weighted by Gasteiger charge is 2.43. The number of anilines is 1. The Balaban J connectivity index is 1.31. The topological polar surface area (TPSA) is 24.5 Å². The van der Waals surface area contributed by atoms with Crippen LogP contribution in [0, 0.1) is 0 Å². The number of hydrogen-bond donors (Lipinski definition) is 1. The van der Waals surface area contributed by atoms with Crippen molar-refractivity contribution in [2.24, 2.45) is 0 Å². The standard InChI is InChI=1S/C25H26N2O/c1-2-8-20(9-3-1)26-16-19-27-17-14-25(15-18-27)21-10-4-6-12-23(21)28-24-13-7-5-11-22(24)25/h1-13,26H,14-19H2. The second-order valence-corrected chi connectivity index (χ2v) is 7.81. The second kappa shape index (κ2) is 7.33. The zero-order valence-corrected chi connectivity index (χ0v) is 16.1. The molecule has 3 aromatic rings. The van der Waals surface area contributed by atoms with Crippen molar-refractivity contribution in [3.05, 3.63) is 90.0 Å². The minimum absolute atomic E-state index is 0.0782. The van der Waals surface area contributed by atoms with Gasteiger partial charge in [0.05, 0.1) is 0 Å². The average Bonchev–Trinajstić information content (AvgIpc) is 2.76. The van der Waals surface area contributed by atoms with E-state index in [9.17, 15) is 0 Å². The van der Waals surface area contributed by atoms with Gasteiger partial charge in [-0.1, -0.05) is 54.6 Å². The predicted molar refractivity (Wildman–Crippen MR) is 114 cm³/mol. The molecule has 0 saturated carbocycles. The molecule has 1 N–H and O–H groups in total. The van der Waals surface area contributed by atoms with Crippen LogP contribution in [0.2, 0.25) is 0 Å². The summed E-state index contributed by atoms with van der Waals surface area (Å²) >= 11 is 0. The molecule has 3 heteroatoms. The molecule has 0 aliphatic carbocycles. The van der Waals surface area contributed by atoms with Gasteiger partial charge < -0.3 is 15.0 Å². The van der Waals surface area contributed by atoms with Crippen LogP contribution in [0.4, 0.5) is 5.69 Å². The van der Waals surface area contributed by atoms with Crippen LogP contribution in [0.25, 0.3) is 0 Å². The van der Waals surface area contributed by atoms with Crippen LogP contribution in [0.1, 0.15) is 24.0 Å². The third-order valence-corrected chi connectivity index (χ3v) is 6.27. The van der Waals surface area contributed by atoms with Crippen molar-refractivity contribution in [1.29, 1.82) is 0 Å². The van der Waals surface area contributed by atoms with Crippen LogP contribution >= 0.6 is 0 Å². The number of likely N-dealkylation sites (tertiary alicyclic amines) is 1. The van der Waals surface area contributed by atoms with Crippen LogP contribution in [0.5, 0.6) is 11.5 Å². The lowest BCUT2D eigenvalue weighted by Gasteiger charge is -2.46. The maximum atomic E-state index is 6.22. The summed E-state index contributed by atoms with van der Waals surface area (Å²) in [7, 11) is 0. The summed E-state index contributed by atoms with van der Waals surface area (Å²) < 4.78 is 6.22. The number of benzene rings is 3. The first-order valence-electron chi connectivity index (χ1n) is 10.2. The molecule has 2 aliphatic heterocycles. The molecule has 5 rings (SSSR count). The first-order valence-corrected chi connectivity index (χ1v) is 10.2. The van der Waals surface area contributed by atoms with Crippen LogP contribution in [-0.4, -0.2) is 31.1 Å². The fourth-order valence-electron chi connectivity index (χ4n) is 4.78. The van der Waals surface area contributed by atoms with E-state index < -0.39 is 0 Å². The van der Waals surface area contributed by atoms with Gasteiger partial charge in [0.2, 0.25) is 0 Å². The molecule has 0 radical (unpaired) electrons. The third-order valence-electron chi connectivity index (χ3n) is 6.27. The molecular weight excluding hydrogens is 344 g/mol. The molecule has 2 aliphatic rings. The summed E-state index contributed by atoms with van der Waals surface area (Å²) in [4.78, 5) is 2.59. The largest absolute Gasteiger partial charge is 0.457 e. The van der Waals surface area contributed by atoms with Crippen molar-refractivity contribution >= 4 is 5.69 Å². The van der Waals surface area contributed by atoms with E-state index in [4.69, 9.17) is 4.74 Å². The van der Waals surface area contributed by atoms with Crippen molar-refractivity contribution in [3.63, 3.8) is 0 Å². The van der Waals surface area contributed by atoms with E-state index in [-0.39, 0.29) is 5.41 Å². The molecule has 0 atom stereocenters. The van der Waals surface area contributed by atoms with Gasteiger partial charge in [-0.15, -0.1) is 0 Å². The summed E-state index contributed by atoms with van der Waals surface area (Å²) in [6.45, 7) is 4.27. The van der Waals surface area contributed by atoms with E-state index in [1.165, 1.54) is 16.8 Å². The summed E-state index contributed by atoms with van der Waals surface area (Å²) in [6.07, 6.45) is 2.27. The molecule has 3 nitrogen and oxygen atoms in total. The van der Waals surface area contributed by atoms with Crippen molar-refractivity contribution < 1.29 is 4.74 Å². The molecule has 0 aromatic heterocycles. The molecule has 1 saturated heterocycles. The number of piperidine rings is 1. The second-order valence-electron chi connectivity index (χ2n) is 7.81. The van der Waals surface area contributed by atoms with Gasteiger partial charge in [0.15, 0.2) is 0 Å². The highest BCUT2D eigenvalue weighted by Crippen LogP contribution is 2.52. The van der Waals surface area contributed by atoms with Gasteiger partial charge in [-0.2, -0.15) is 0 Å². The smallest absolute Gasteiger partial charge is 0.131 e. The van der Waals surface area contributed by atoms with Gasteiger partial charge in [0, 0.05) is 35.3 Å². The lowest BCUT2D eigenvalue weighted by molar-refractivity contribution is 0.177. The number of ether oxygens (including phenoxy) is 1. The third kappa shape index (κ3) is 3.06. The maximum Gasteiger partial charge on any atom is 0.131 e. The molecule has 3 aromatic carbocycles. The zero-order chi connectivity index (χ0) is 18.8. The minimum Gasteiger partial charge on any atom is -0.457 e. The Morgan fingerprint density at radius 1 is 0.750 bits per heavy atom.